The molecule has 2 heterocycles. The highest BCUT2D eigenvalue weighted by atomic mass is 19.1. The predicted octanol–water partition coefficient (Wildman–Crippen LogP) is 4.17. The standard InChI is InChI=1S/C24H27FN2O4/c1-14(2)24-20(10-9-18(28)12-19(29)13-22(30)31)23(16-5-7-17(25)8-6-16)21-11-4-15(3)27(21)26-24/h4-11,14,18-19,28-29H,12-13H2,1-3H3,(H,30,31)/b10-9+. The Hall–Kier alpha value is -3.03. The van der Waals surface area contributed by atoms with E-state index in [1.165, 1.54) is 18.2 Å². The molecule has 0 aliphatic heterocycles. The van der Waals surface area contributed by atoms with Gasteiger partial charge in [0.15, 0.2) is 0 Å². The Morgan fingerprint density at radius 2 is 1.84 bits per heavy atom. The van der Waals surface area contributed by atoms with Gasteiger partial charge in [-0.15, -0.1) is 0 Å². The number of hydrogen-bond acceptors (Lipinski definition) is 4. The normalized spacial score (nSPS) is 13.9. The lowest BCUT2D eigenvalue weighted by Crippen LogP contribution is -2.19. The molecule has 164 valence electrons. The van der Waals surface area contributed by atoms with E-state index in [4.69, 9.17) is 10.2 Å². The van der Waals surface area contributed by atoms with Gasteiger partial charge in [-0.25, -0.2) is 8.91 Å². The fourth-order valence-corrected chi connectivity index (χ4v) is 3.65. The summed E-state index contributed by atoms with van der Waals surface area (Å²) in [5, 5.41) is 33.7. The summed E-state index contributed by atoms with van der Waals surface area (Å²) in [6.45, 7) is 6.00. The highest BCUT2D eigenvalue weighted by Crippen LogP contribution is 2.35. The largest absolute Gasteiger partial charge is 0.481 e. The topological polar surface area (TPSA) is 95.1 Å². The Balaban J connectivity index is 2.12. The van der Waals surface area contributed by atoms with Crippen molar-refractivity contribution in [2.45, 2.75) is 51.7 Å². The lowest BCUT2D eigenvalue weighted by molar-refractivity contribution is -0.139. The lowest BCUT2D eigenvalue weighted by Gasteiger charge is -2.18. The molecule has 0 spiro atoms. The molecule has 3 rings (SSSR count). The number of halogens is 1. The third-order valence-electron chi connectivity index (χ3n) is 5.14. The SMILES string of the molecule is Cc1ccc2c(-c3ccc(F)cc3)c(/C=C/C(O)CC(O)CC(=O)O)c(C(C)C)nn12. The molecule has 3 aromatic rings. The molecule has 0 saturated heterocycles. The van der Waals surface area contributed by atoms with E-state index >= 15 is 0 Å². The van der Waals surface area contributed by atoms with Crippen molar-refractivity contribution in [1.82, 2.24) is 9.61 Å². The number of carboxylic acid groups (broad SMARTS) is 1. The summed E-state index contributed by atoms with van der Waals surface area (Å²) >= 11 is 0. The first-order valence-corrected chi connectivity index (χ1v) is 10.2. The van der Waals surface area contributed by atoms with Gasteiger partial charge in [0.25, 0.3) is 0 Å². The molecule has 2 atom stereocenters. The second-order valence-electron chi connectivity index (χ2n) is 8.02. The summed E-state index contributed by atoms with van der Waals surface area (Å²) in [5.74, 6) is -1.38. The smallest absolute Gasteiger partial charge is 0.305 e. The van der Waals surface area contributed by atoms with Crippen LogP contribution in [-0.2, 0) is 4.79 Å². The number of aliphatic carboxylic acids is 1. The third kappa shape index (κ3) is 5.18. The van der Waals surface area contributed by atoms with Crippen molar-refractivity contribution >= 4 is 17.6 Å². The number of hydrogen-bond donors (Lipinski definition) is 3. The van der Waals surface area contributed by atoms with Gasteiger partial charge in [-0.05, 0) is 42.7 Å². The van der Waals surface area contributed by atoms with E-state index < -0.39 is 24.6 Å². The maximum absolute atomic E-state index is 13.6. The van der Waals surface area contributed by atoms with Crippen LogP contribution in [-0.4, -0.2) is 43.1 Å². The summed E-state index contributed by atoms with van der Waals surface area (Å²) in [5.41, 5.74) is 5.09. The summed E-state index contributed by atoms with van der Waals surface area (Å²) < 4.78 is 15.4. The van der Waals surface area contributed by atoms with Crippen molar-refractivity contribution in [1.29, 1.82) is 0 Å². The Morgan fingerprint density at radius 3 is 2.45 bits per heavy atom. The Bertz CT molecular complexity index is 1100. The van der Waals surface area contributed by atoms with Crippen molar-refractivity contribution < 1.29 is 24.5 Å². The van der Waals surface area contributed by atoms with E-state index in [9.17, 15) is 19.4 Å². The van der Waals surface area contributed by atoms with Gasteiger partial charge in [-0.2, -0.15) is 5.10 Å². The van der Waals surface area contributed by atoms with Gasteiger partial charge in [0.2, 0.25) is 0 Å². The molecular formula is C24H27FN2O4. The first-order valence-electron chi connectivity index (χ1n) is 10.2. The minimum atomic E-state index is -1.15. The number of aliphatic hydroxyl groups is 2. The highest BCUT2D eigenvalue weighted by molar-refractivity contribution is 5.88. The Labute approximate surface area is 180 Å². The first kappa shape index (κ1) is 22.7. The van der Waals surface area contributed by atoms with Crippen LogP contribution < -0.4 is 0 Å². The van der Waals surface area contributed by atoms with Crippen LogP contribution in [0.25, 0.3) is 22.7 Å². The molecular weight excluding hydrogens is 399 g/mol. The van der Waals surface area contributed by atoms with Gasteiger partial charge in [0.1, 0.15) is 5.82 Å². The molecule has 0 fully saturated rings. The summed E-state index contributed by atoms with van der Waals surface area (Å²) in [7, 11) is 0. The second-order valence-corrected chi connectivity index (χ2v) is 8.02. The number of carbonyl (C=O) groups is 1. The molecule has 1 aromatic carbocycles. The van der Waals surface area contributed by atoms with Crippen LogP contribution in [0.4, 0.5) is 4.39 Å². The van der Waals surface area contributed by atoms with Crippen molar-refractivity contribution in [3.8, 4) is 11.1 Å². The number of aliphatic hydroxyl groups excluding tert-OH is 2. The van der Waals surface area contributed by atoms with Crippen LogP contribution in [0, 0.1) is 12.7 Å². The van der Waals surface area contributed by atoms with Gasteiger partial charge in [-0.3, -0.25) is 4.79 Å². The maximum atomic E-state index is 13.6. The van der Waals surface area contributed by atoms with Gasteiger partial charge in [0.05, 0.1) is 29.8 Å². The maximum Gasteiger partial charge on any atom is 0.305 e. The second kappa shape index (κ2) is 9.41. The average molecular weight is 426 g/mol. The van der Waals surface area contributed by atoms with Crippen LogP contribution >= 0.6 is 0 Å². The van der Waals surface area contributed by atoms with Crippen molar-refractivity contribution in [2.75, 3.05) is 0 Å². The zero-order chi connectivity index (χ0) is 22.7. The van der Waals surface area contributed by atoms with Gasteiger partial charge in [0, 0.05) is 23.2 Å². The van der Waals surface area contributed by atoms with E-state index in [0.717, 1.165) is 33.6 Å². The summed E-state index contributed by atoms with van der Waals surface area (Å²) in [4.78, 5) is 10.7. The molecule has 31 heavy (non-hydrogen) atoms. The number of nitrogens with zero attached hydrogens (tertiary/aromatic N) is 2. The quantitative estimate of drug-likeness (QED) is 0.502. The molecule has 2 aromatic heterocycles. The Morgan fingerprint density at radius 1 is 1.16 bits per heavy atom. The zero-order valence-corrected chi connectivity index (χ0v) is 17.8. The predicted molar refractivity (Wildman–Crippen MR) is 117 cm³/mol. The molecule has 0 aliphatic rings. The van der Waals surface area contributed by atoms with E-state index in [1.807, 2.05) is 37.4 Å². The van der Waals surface area contributed by atoms with Gasteiger partial charge in [-0.1, -0.05) is 38.1 Å². The monoisotopic (exact) mass is 426 g/mol. The number of carboxylic acids is 1. The third-order valence-corrected chi connectivity index (χ3v) is 5.14. The molecule has 6 nitrogen and oxygen atoms in total. The molecule has 2 unspecified atom stereocenters. The highest BCUT2D eigenvalue weighted by Gasteiger charge is 2.19. The number of rotatable bonds is 8. The first-order chi connectivity index (χ1) is 14.7. The van der Waals surface area contributed by atoms with Crippen LogP contribution in [0.1, 0.15) is 49.6 Å². The van der Waals surface area contributed by atoms with E-state index in [0.29, 0.717) is 0 Å². The summed E-state index contributed by atoms with van der Waals surface area (Å²) in [6.07, 6.45) is 0.590. The van der Waals surface area contributed by atoms with E-state index in [-0.39, 0.29) is 18.2 Å². The zero-order valence-electron chi connectivity index (χ0n) is 17.8. The lowest BCUT2D eigenvalue weighted by atomic mass is 9.93. The average Bonchev–Trinajstić information content (AvgIpc) is 3.06. The van der Waals surface area contributed by atoms with Crippen LogP contribution in [0.3, 0.4) is 0 Å². The van der Waals surface area contributed by atoms with Crippen molar-refractivity contribution in [2.24, 2.45) is 0 Å². The molecule has 0 bridgehead atoms. The summed E-state index contributed by atoms with van der Waals surface area (Å²) in [6, 6.07) is 10.1. The van der Waals surface area contributed by atoms with Crippen LogP contribution in [0.15, 0.2) is 42.5 Å². The molecule has 7 heteroatoms. The van der Waals surface area contributed by atoms with E-state index in [1.54, 1.807) is 18.2 Å². The molecule has 3 N–H and O–H groups in total. The fraction of sp³-hybridized carbons (Fsp3) is 0.333. The molecule has 0 amide bonds. The van der Waals surface area contributed by atoms with Gasteiger partial charge < -0.3 is 15.3 Å². The fourth-order valence-electron chi connectivity index (χ4n) is 3.65. The van der Waals surface area contributed by atoms with Crippen molar-refractivity contribution in [3.63, 3.8) is 0 Å². The number of aryl methyl sites for hydroxylation is 1. The minimum absolute atomic E-state index is 0.0693. The molecule has 0 saturated carbocycles. The minimum Gasteiger partial charge on any atom is -0.481 e. The molecule has 0 aliphatic carbocycles. The van der Waals surface area contributed by atoms with Crippen molar-refractivity contribution in [3.05, 3.63) is 65.2 Å². The van der Waals surface area contributed by atoms with Crippen LogP contribution in [0.2, 0.25) is 0 Å². The number of aromatic nitrogens is 2. The van der Waals surface area contributed by atoms with Gasteiger partial charge >= 0.3 is 5.97 Å². The Kier molecular flexibility index (Phi) is 6.87. The number of benzene rings is 1. The molecule has 0 radical (unpaired) electrons. The van der Waals surface area contributed by atoms with Crippen LogP contribution in [0.5, 0.6) is 0 Å². The number of fused-ring (bicyclic) bond motifs is 1. The van der Waals surface area contributed by atoms with E-state index in [2.05, 4.69) is 0 Å².